The summed E-state index contributed by atoms with van der Waals surface area (Å²) >= 11 is 0. The van der Waals surface area contributed by atoms with E-state index in [9.17, 15) is 0 Å². The van der Waals surface area contributed by atoms with Crippen molar-refractivity contribution < 1.29 is 9.47 Å². The third-order valence-electron chi connectivity index (χ3n) is 0.425. The molecule has 3 heteroatoms. The average molecular weight is 221 g/mol. The first-order valence-corrected chi connectivity index (χ1v) is 1.61. The molecule has 2 nitrogen and oxygen atoms in total. The van der Waals surface area contributed by atoms with Crippen molar-refractivity contribution in [3.05, 3.63) is 25.0 Å². The number of hydrogen-bond acceptors (Lipinski definition) is 2. The Labute approximate surface area is 82.3 Å². The molecular weight excluding hydrogens is 217 g/mol. The zero-order chi connectivity index (χ0) is 4.24. The van der Waals surface area contributed by atoms with E-state index in [0.29, 0.717) is 0 Å². The van der Waals surface area contributed by atoms with Gasteiger partial charge in [-0.05, 0) is 0 Å². The van der Waals surface area contributed by atoms with Gasteiger partial charge < -0.3 is 9.47 Å². The second-order valence-corrected chi connectivity index (χ2v) is 0.816. The minimum Gasteiger partial charge on any atom is -0.466 e. The Kier molecular flexibility index (Phi) is 5.25. The van der Waals surface area contributed by atoms with E-state index in [0.717, 1.165) is 0 Å². The van der Waals surface area contributed by atoms with Gasteiger partial charge in [-0.25, -0.2) is 0 Å². The van der Waals surface area contributed by atoms with Gasteiger partial charge in [0.1, 0.15) is 25.0 Å². The van der Waals surface area contributed by atoms with Gasteiger partial charge in [0.15, 0.2) is 0 Å². The summed E-state index contributed by atoms with van der Waals surface area (Å²) in [5.41, 5.74) is 0. The van der Waals surface area contributed by atoms with Gasteiger partial charge >= 0.3 is 0 Å². The molecule has 0 aliphatic carbocycles. The zero-order valence-corrected chi connectivity index (χ0v) is 8.27. The fourth-order valence-corrected chi connectivity index (χ4v) is 0.219. The zero-order valence-electron chi connectivity index (χ0n) is 3.83. The van der Waals surface area contributed by atoms with Crippen molar-refractivity contribution in [3.63, 3.8) is 0 Å². The second kappa shape index (κ2) is 4.80. The van der Waals surface area contributed by atoms with E-state index in [1.807, 2.05) is 0 Å². The number of ether oxygens (including phenoxy) is 2. The monoisotopic (exact) mass is 222 g/mol. The Balaban J connectivity index is 0.000000360. The van der Waals surface area contributed by atoms with Crippen molar-refractivity contribution in [2.45, 2.75) is 0 Å². The molecule has 0 saturated heterocycles. The van der Waals surface area contributed by atoms with Crippen LogP contribution in [0.3, 0.4) is 0 Å². The molecule has 0 N–H and O–H groups in total. The predicted molar refractivity (Wildman–Crippen MR) is 26.2 cm³/mol. The molecule has 0 unspecified atom stereocenters. The van der Waals surface area contributed by atoms with E-state index in [4.69, 9.17) is 0 Å². The molecule has 0 saturated carbocycles. The summed E-state index contributed by atoms with van der Waals surface area (Å²) in [4.78, 5) is 0. The quantitative estimate of drug-likeness (QED) is 0.558. The Morgan fingerprint density at radius 2 is 1.00 bits per heavy atom. The Hall–Kier alpha value is 0.651. The maximum Gasteiger partial charge on any atom is 0.125 e. The standard InChI is InChI=1S/C4H4O2.Ba/c1-2-6-4-3-5-1;/h1-4H;. The molecule has 0 aromatic heterocycles. The van der Waals surface area contributed by atoms with Gasteiger partial charge in [0.25, 0.3) is 0 Å². The molecule has 0 spiro atoms. The summed E-state index contributed by atoms with van der Waals surface area (Å²) in [7, 11) is 0. The minimum atomic E-state index is 0. The van der Waals surface area contributed by atoms with Crippen LogP contribution in [0.15, 0.2) is 25.0 Å². The molecule has 1 heterocycles. The van der Waals surface area contributed by atoms with Gasteiger partial charge in [-0.1, -0.05) is 0 Å². The largest absolute Gasteiger partial charge is 0.466 e. The summed E-state index contributed by atoms with van der Waals surface area (Å²) in [6, 6.07) is 0. The molecule has 2 radical (unpaired) electrons. The van der Waals surface area contributed by atoms with Gasteiger partial charge in [0.2, 0.25) is 0 Å². The molecule has 0 atom stereocenters. The molecule has 0 fully saturated rings. The van der Waals surface area contributed by atoms with Gasteiger partial charge in [-0.15, -0.1) is 0 Å². The predicted octanol–water partition coefficient (Wildman–Crippen LogP) is 0.595. The van der Waals surface area contributed by atoms with Crippen molar-refractivity contribution in [1.29, 1.82) is 0 Å². The topological polar surface area (TPSA) is 18.5 Å². The van der Waals surface area contributed by atoms with E-state index in [1.54, 1.807) is 0 Å². The summed E-state index contributed by atoms with van der Waals surface area (Å²) < 4.78 is 9.17. The summed E-state index contributed by atoms with van der Waals surface area (Å²) in [5.74, 6) is 0. The number of rotatable bonds is 0. The first-order chi connectivity index (χ1) is 3.00. The van der Waals surface area contributed by atoms with E-state index in [2.05, 4.69) is 9.47 Å². The van der Waals surface area contributed by atoms with Gasteiger partial charge in [0.05, 0.1) is 0 Å². The van der Waals surface area contributed by atoms with Crippen molar-refractivity contribution in [2.75, 3.05) is 0 Å². The molecule has 1 rings (SSSR count). The van der Waals surface area contributed by atoms with Gasteiger partial charge in [0, 0.05) is 48.9 Å². The van der Waals surface area contributed by atoms with E-state index < -0.39 is 0 Å². The molecule has 0 aromatic carbocycles. The van der Waals surface area contributed by atoms with Crippen LogP contribution >= 0.6 is 0 Å². The van der Waals surface area contributed by atoms with Crippen LogP contribution in [0.4, 0.5) is 0 Å². The Morgan fingerprint density at radius 3 is 1.14 bits per heavy atom. The Morgan fingerprint density at radius 1 is 0.714 bits per heavy atom. The molecule has 0 amide bonds. The number of hydrogen-bond donors (Lipinski definition) is 0. The maximum atomic E-state index is 4.58. The third-order valence-corrected chi connectivity index (χ3v) is 0.425. The first kappa shape index (κ1) is 7.65. The van der Waals surface area contributed by atoms with E-state index in [-0.39, 0.29) is 48.9 Å². The fraction of sp³-hybridized carbons (Fsp3) is 0. The van der Waals surface area contributed by atoms with Crippen LogP contribution in [-0.2, 0) is 9.47 Å². The van der Waals surface area contributed by atoms with Crippen LogP contribution in [-0.4, -0.2) is 48.9 Å². The smallest absolute Gasteiger partial charge is 0.125 e. The van der Waals surface area contributed by atoms with Crippen molar-refractivity contribution in [1.82, 2.24) is 0 Å². The second-order valence-electron chi connectivity index (χ2n) is 0.816. The summed E-state index contributed by atoms with van der Waals surface area (Å²) in [5, 5.41) is 0. The van der Waals surface area contributed by atoms with Crippen molar-refractivity contribution in [2.24, 2.45) is 0 Å². The van der Waals surface area contributed by atoms with Crippen LogP contribution in [0.25, 0.3) is 0 Å². The molecule has 0 aromatic rings. The molecule has 1 aliphatic heterocycles. The van der Waals surface area contributed by atoms with Gasteiger partial charge in [-0.2, -0.15) is 0 Å². The average Bonchev–Trinajstić information content (AvgIpc) is 1.72. The van der Waals surface area contributed by atoms with Crippen LogP contribution in [0.1, 0.15) is 0 Å². The Bertz CT molecular complexity index is 67.7. The van der Waals surface area contributed by atoms with Crippen LogP contribution in [0.5, 0.6) is 0 Å². The van der Waals surface area contributed by atoms with Crippen molar-refractivity contribution in [3.8, 4) is 0 Å². The fourth-order valence-electron chi connectivity index (χ4n) is 0.219. The van der Waals surface area contributed by atoms with E-state index >= 15 is 0 Å². The third kappa shape index (κ3) is 3.25. The first-order valence-electron chi connectivity index (χ1n) is 1.61. The normalized spacial score (nSPS) is 13.7. The summed E-state index contributed by atoms with van der Waals surface area (Å²) in [6.07, 6.45) is 5.83. The van der Waals surface area contributed by atoms with Crippen LogP contribution in [0.2, 0.25) is 0 Å². The van der Waals surface area contributed by atoms with Gasteiger partial charge in [-0.3, -0.25) is 0 Å². The SMILES string of the molecule is C1=COC=CO1.[Ba]. The van der Waals surface area contributed by atoms with Crippen LogP contribution < -0.4 is 0 Å². The molecule has 0 bridgehead atoms. The molecule has 34 valence electrons. The maximum absolute atomic E-state index is 4.58. The minimum absolute atomic E-state index is 0. The van der Waals surface area contributed by atoms with E-state index in [1.165, 1.54) is 25.0 Å². The van der Waals surface area contributed by atoms with Crippen LogP contribution in [0, 0.1) is 0 Å². The summed E-state index contributed by atoms with van der Waals surface area (Å²) in [6.45, 7) is 0. The molecular formula is C4H4BaO2. The molecule has 7 heavy (non-hydrogen) atoms. The molecule has 1 aliphatic rings. The van der Waals surface area contributed by atoms with Crippen molar-refractivity contribution >= 4 is 48.9 Å².